The van der Waals surface area contributed by atoms with Crippen molar-refractivity contribution in [2.45, 2.75) is 6.61 Å². The SMILES string of the molecule is Clc1ccc2oc(/C=C/c3ccccc3OCc3cccnc3)nc2c1. The van der Waals surface area contributed by atoms with Gasteiger partial charge in [-0.05, 0) is 36.4 Å². The topological polar surface area (TPSA) is 48.2 Å². The largest absolute Gasteiger partial charge is 0.488 e. The Labute approximate surface area is 155 Å². The molecule has 0 atom stereocenters. The minimum Gasteiger partial charge on any atom is -0.488 e. The molecule has 0 spiro atoms. The van der Waals surface area contributed by atoms with Gasteiger partial charge in [-0.15, -0.1) is 0 Å². The zero-order chi connectivity index (χ0) is 17.8. The molecule has 0 aliphatic heterocycles. The molecule has 4 rings (SSSR count). The van der Waals surface area contributed by atoms with Crippen molar-refractivity contribution >= 4 is 34.9 Å². The van der Waals surface area contributed by atoms with Crippen molar-refractivity contribution in [1.29, 1.82) is 0 Å². The lowest BCUT2D eigenvalue weighted by Gasteiger charge is -2.08. The number of pyridine rings is 1. The first-order valence-electron chi connectivity index (χ1n) is 8.13. The van der Waals surface area contributed by atoms with Crippen LogP contribution in [0.1, 0.15) is 17.0 Å². The molecule has 0 aliphatic carbocycles. The lowest BCUT2D eigenvalue weighted by molar-refractivity contribution is 0.305. The van der Waals surface area contributed by atoms with Crippen LogP contribution in [0.25, 0.3) is 23.3 Å². The Kier molecular flexibility index (Phi) is 4.67. The molecular weight excluding hydrogens is 348 g/mol. The van der Waals surface area contributed by atoms with Crippen LogP contribution in [0.4, 0.5) is 0 Å². The van der Waals surface area contributed by atoms with Crippen molar-refractivity contribution in [3.05, 3.63) is 89.0 Å². The molecule has 0 unspecified atom stereocenters. The first-order chi connectivity index (χ1) is 12.8. The molecule has 2 aromatic carbocycles. The summed E-state index contributed by atoms with van der Waals surface area (Å²) < 4.78 is 11.6. The van der Waals surface area contributed by atoms with Crippen LogP contribution in [0.15, 0.2) is 71.4 Å². The van der Waals surface area contributed by atoms with Crippen molar-refractivity contribution < 1.29 is 9.15 Å². The average Bonchev–Trinajstić information content (AvgIpc) is 3.08. The summed E-state index contributed by atoms with van der Waals surface area (Å²) in [5.41, 5.74) is 3.40. The van der Waals surface area contributed by atoms with E-state index in [1.807, 2.05) is 54.6 Å². The molecule has 0 saturated heterocycles. The van der Waals surface area contributed by atoms with Crippen LogP contribution in [0.2, 0.25) is 5.02 Å². The molecule has 0 fully saturated rings. The zero-order valence-corrected chi connectivity index (χ0v) is 14.6. The molecule has 0 saturated carbocycles. The third-order valence-electron chi connectivity index (χ3n) is 3.81. The second-order valence-corrected chi connectivity index (χ2v) is 6.12. The molecule has 0 bridgehead atoms. The highest BCUT2D eigenvalue weighted by molar-refractivity contribution is 6.31. The van der Waals surface area contributed by atoms with Gasteiger partial charge in [-0.2, -0.15) is 0 Å². The summed E-state index contributed by atoms with van der Waals surface area (Å²) in [7, 11) is 0. The van der Waals surface area contributed by atoms with E-state index >= 15 is 0 Å². The minimum absolute atomic E-state index is 0.458. The Morgan fingerprint density at radius 2 is 1.96 bits per heavy atom. The molecule has 2 heterocycles. The molecule has 26 heavy (non-hydrogen) atoms. The fourth-order valence-corrected chi connectivity index (χ4v) is 2.71. The summed E-state index contributed by atoms with van der Waals surface area (Å²) in [5.74, 6) is 1.30. The van der Waals surface area contributed by atoms with E-state index in [2.05, 4.69) is 9.97 Å². The Balaban J connectivity index is 1.54. The Morgan fingerprint density at radius 1 is 1.04 bits per heavy atom. The number of ether oxygens (including phenoxy) is 1. The Bertz CT molecular complexity index is 1060. The summed E-state index contributed by atoms with van der Waals surface area (Å²) >= 11 is 5.99. The van der Waals surface area contributed by atoms with E-state index in [0.717, 1.165) is 22.4 Å². The Hall–Kier alpha value is -3.11. The number of para-hydroxylation sites is 1. The van der Waals surface area contributed by atoms with Crippen LogP contribution in [-0.2, 0) is 6.61 Å². The highest BCUT2D eigenvalue weighted by Gasteiger charge is 2.05. The van der Waals surface area contributed by atoms with Gasteiger partial charge in [0.05, 0.1) is 0 Å². The quantitative estimate of drug-likeness (QED) is 0.462. The van der Waals surface area contributed by atoms with Gasteiger partial charge in [0.15, 0.2) is 5.58 Å². The average molecular weight is 363 g/mol. The number of hydrogen-bond acceptors (Lipinski definition) is 4. The predicted molar refractivity (Wildman–Crippen MR) is 103 cm³/mol. The molecule has 4 nitrogen and oxygen atoms in total. The Morgan fingerprint density at radius 3 is 2.85 bits per heavy atom. The third kappa shape index (κ3) is 3.76. The number of hydrogen-bond donors (Lipinski definition) is 0. The van der Waals surface area contributed by atoms with Gasteiger partial charge in [0.25, 0.3) is 0 Å². The monoisotopic (exact) mass is 362 g/mol. The van der Waals surface area contributed by atoms with Crippen molar-refractivity contribution in [1.82, 2.24) is 9.97 Å². The van der Waals surface area contributed by atoms with Crippen LogP contribution >= 0.6 is 11.6 Å². The number of aromatic nitrogens is 2. The van der Waals surface area contributed by atoms with Gasteiger partial charge < -0.3 is 9.15 Å². The molecule has 0 aliphatic rings. The summed E-state index contributed by atoms with van der Waals surface area (Å²) in [6.45, 7) is 0.458. The van der Waals surface area contributed by atoms with E-state index in [9.17, 15) is 0 Å². The second-order valence-electron chi connectivity index (χ2n) is 5.69. The van der Waals surface area contributed by atoms with Crippen LogP contribution in [0.3, 0.4) is 0 Å². The molecule has 0 N–H and O–H groups in total. The summed E-state index contributed by atoms with van der Waals surface area (Å²) in [6.07, 6.45) is 7.28. The van der Waals surface area contributed by atoms with E-state index in [1.165, 1.54) is 0 Å². The molecule has 5 heteroatoms. The van der Waals surface area contributed by atoms with E-state index in [0.29, 0.717) is 23.1 Å². The lowest BCUT2D eigenvalue weighted by atomic mass is 10.2. The van der Waals surface area contributed by atoms with Crippen molar-refractivity contribution in [3.8, 4) is 5.75 Å². The van der Waals surface area contributed by atoms with Gasteiger partial charge in [-0.1, -0.05) is 35.9 Å². The zero-order valence-electron chi connectivity index (χ0n) is 13.8. The van der Waals surface area contributed by atoms with Gasteiger partial charge in [0.1, 0.15) is 17.9 Å². The number of rotatable bonds is 5. The first-order valence-corrected chi connectivity index (χ1v) is 8.51. The van der Waals surface area contributed by atoms with E-state index in [-0.39, 0.29) is 0 Å². The highest BCUT2D eigenvalue weighted by Crippen LogP contribution is 2.24. The predicted octanol–water partition coefficient (Wildman–Crippen LogP) is 5.63. The maximum Gasteiger partial charge on any atom is 0.220 e. The highest BCUT2D eigenvalue weighted by atomic mass is 35.5. The van der Waals surface area contributed by atoms with Crippen LogP contribution in [-0.4, -0.2) is 9.97 Å². The van der Waals surface area contributed by atoms with Crippen molar-refractivity contribution in [2.75, 3.05) is 0 Å². The molecule has 4 aromatic rings. The van der Waals surface area contributed by atoms with Crippen LogP contribution in [0.5, 0.6) is 5.75 Å². The van der Waals surface area contributed by atoms with E-state index in [4.69, 9.17) is 20.8 Å². The molecule has 0 radical (unpaired) electrons. The maximum atomic E-state index is 5.99. The van der Waals surface area contributed by atoms with E-state index < -0.39 is 0 Å². The third-order valence-corrected chi connectivity index (χ3v) is 4.04. The number of benzene rings is 2. The second kappa shape index (κ2) is 7.42. The summed E-state index contributed by atoms with van der Waals surface area (Å²) in [4.78, 5) is 8.52. The molecule has 128 valence electrons. The van der Waals surface area contributed by atoms with Gasteiger partial charge >= 0.3 is 0 Å². The van der Waals surface area contributed by atoms with Gasteiger partial charge in [-0.25, -0.2) is 4.98 Å². The molecule has 0 amide bonds. The normalized spacial score (nSPS) is 11.3. The standard InChI is InChI=1S/C21H15ClN2O2/c22-17-8-9-20-18(12-17)24-21(26-20)10-7-16-5-1-2-6-19(16)25-14-15-4-3-11-23-13-15/h1-13H,14H2/b10-7+. The smallest absolute Gasteiger partial charge is 0.220 e. The minimum atomic E-state index is 0.458. The number of oxazole rings is 1. The fourth-order valence-electron chi connectivity index (χ4n) is 2.55. The maximum absolute atomic E-state index is 5.99. The van der Waals surface area contributed by atoms with Gasteiger partial charge in [0, 0.05) is 34.6 Å². The van der Waals surface area contributed by atoms with E-state index in [1.54, 1.807) is 24.5 Å². The summed E-state index contributed by atoms with van der Waals surface area (Å²) in [5, 5.41) is 0.635. The molecule has 2 aromatic heterocycles. The van der Waals surface area contributed by atoms with Gasteiger partial charge in [-0.3, -0.25) is 4.98 Å². The van der Waals surface area contributed by atoms with Crippen molar-refractivity contribution in [3.63, 3.8) is 0 Å². The van der Waals surface area contributed by atoms with Crippen LogP contribution in [0, 0.1) is 0 Å². The van der Waals surface area contributed by atoms with Gasteiger partial charge in [0.2, 0.25) is 5.89 Å². The lowest BCUT2D eigenvalue weighted by Crippen LogP contribution is -1.97. The molecular formula is C21H15ClN2O2. The van der Waals surface area contributed by atoms with Crippen LogP contribution < -0.4 is 4.74 Å². The summed E-state index contributed by atoms with van der Waals surface area (Å²) in [6, 6.07) is 17.1. The fraction of sp³-hybridized carbons (Fsp3) is 0.0476. The van der Waals surface area contributed by atoms with Crippen molar-refractivity contribution in [2.24, 2.45) is 0 Å². The number of fused-ring (bicyclic) bond motifs is 1. The first kappa shape index (κ1) is 16.4. The number of nitrogens with zero attached hydrogens (tertiary/aromatic N) is 2. The number of halogens is 1.